The number of anilines is 1. The molecule has 2 rings (SSSR count). The van der Waals surface area contributed by atoms with Crippen molar-refractivity contribution in [1.29, 1.82) is 0 Å². The molecule has 2 atom stereocenters. The van der Waals surface area contributed by atoms with Crippen LogP contribution in [0.4, 0.5) is 5.69 Å². The number of nitrogens with one attached hydrogen (secondary N) is 1. The molecule has 0 aromatic heterocycles. The first-order valence-electron chi connectivity index (χ1n) is 12.4. The van der Waals surface area contributed by atoms with Gasteiger partial charge >= 0.3 is 0 Å². The smallest absolute Gasteiger partial charge is 0.244 e. The van der Waals surface area contributed by atoms with Crippen molar-refractivity contribution in [3.05, 3.63) is 63.6 Å². The van der Waals surface area contributed by atoms with Gasteiger partial charge < -0.3 is 10.2 Å². The van der Waals surface area contributed by atoms with E-state index in [0.29, 0.717) is 27.7 Å². The molecule has 0 saturated carbocycles. The van der Waals surface area contributed by atoms with E-state index < -0.39 is 28.5 Å². The molecule has 0 fully saturated rings. The Bertz CT molecular complexity index is 1200. The van der Waals surface area contributed by atoms with Crippen LogP contribution in [0.5, 0.6) is 0 Å². The van der Waals surface area contributed by atoms with Gasteiger partial charge in [-0.25, -0.2) is 8.42 Å². The molecule has 2 amide bonds. The van der Waals surface area contributed by atoms with Crippen LogP contribution in [-0.4, -0.2) is 50.0 Å². The highest BCUT2D eigenvalue weighted by Gasteiger charge is 2.33. The molecule has 0 bridgehead atoms. The molecule has 2 aromatic rings. The Balaban J connectivity index is 2.54. The Morgan fingerprint density at radius 3 is 2.19 bits per heavy atom. The molecule has 0 aliphatic heterocycles. The molecule has 0 unspecified atom stereocenters. The van der Waals surface area contributed by atoms with Gasteiger partial charge in [0.2, 0.25) is 21.8 Å². The monoisotopic (exact) mass is 569 g/mol. The molecule has 37 heavy (non-hydrogen) atoms. The number of nitrogens with zero attached hydrogens (tertiary/aromatic N) is 2. The number of sulfonamides is 1. The quantitative estimate of drug-likeness (QED) is 0.360. The molecule has 0 saturated heterocycles. The minimum absolute atomic E-state index is 0.0185. The van der Waals surface area contributed by atoms with E-state index in [1.165, 1.54) is 4.90 Å². The maximum Gasteiger partial charge on any atom is 0.244 e. The number of rotatable bonds is 12. The van der Waals surface area contributed by atoms with Crippen molar-refractivity contribution < 1.29 is 18.0 Å². The average Bonchev–Trinajstić information content (AvgIpc) is 2.82. The molecule has 10 heteroatoms. The topological polar surface area (TPSA) is 86.8 Å². The summed E-state index contributed by atoms with van der Waals surface area (Å²) in [4.78, 5) is 28.5. The lowest BCUT2D eigenvalue weighted by Crippen LogP contribution is -2.53. The number of benzene rings is 2. The third kappa shape index (κ3) is 8.35. The summed E-state index contributed by atoms with van der Waals surface area (Å²) >= 11 is 12.5. The van der Waals surface area contributed by atoms with E-state index in [9.17, 15) is 18.0 Å². The Kier molecular flexibility index (Phi) is 11.3. The molecule has 1 N–H and O–H groups in total. The Labute approximate surface area is 231 Å². The van der Waals surface area contributed by atoms with E-state index in [4.69, 9.17) is 23.2 Å². The van der Waals surface area contributed by atoms with Gasteiger partial charge in [0, 0.05) is 22.6 Å². The van der Waals surface area contributed by atoms with Crippen molar-refractivity contribution in [3.8, 4) is 0 Å². The highest BCUT2D eigenvalue weighted by Crippen LogP contribution is 2.30. The number of carbonyl (C=O) groups excluding carboxylic acids is 2. The summed E-state index contributed by atoms with van der Waals surface area (Å²) in [6.07, 6.45) is 2.14. The third-order valence-corrected chi connectivity index (χ3v) is 7.96. The second-order valence-electron chi connectivity index (χ2n) is 9.48. The van der Waals surface area contributed by atoms with Crippen molar-refractivity contribution in [2.24, 2.45) is 0 Å². The van der Waals surface area contributed by atoms with Gasteiger partial charge in [-0.3, -0.25) is 13.9 Å². The van der Waals surface area contributed by atoms with Gasteiger partial charge in [-0.2, -0.15) is 0 Å². The van der Waals surface area contributed by atoms with E-state index >= 15 is 0 Å². The van der Waals surface area contributed by atoms with Gasteiger partial charge in [-0.1, -0.05) is 75.2 Å². The average molecular weight is 571 g/mol. The first-order valence-corrected chi connectivity index (χ1v) is 15.0. The van der Waals surface area contributed by atoms with Crippen LogP contribution in [0.2, 0.25) is 10.0 Å². The van der Waals surface area contributed by atoms with Crippen molar-refractivity contribution in [2.75, 3.05) is 17.1 Å². The van der Waals surface area contributed by atoms with Crippen molar-refractivity contribution in [2.45, 2.75) is 72.0 Å². The van der Waals surface area contributed by atoms with Crippen LogP contribution in [-0.2, 0) is 26.2 Å². The van der Waals surface area contributed by atoms with Crippen molar-refractivity contribution in [3.63, 3.8) is 0 Å². The SMILES string of the molecule is CC[C@@H](C)NC(=O)[C@H](CC)N(Cc1ccc(Cl)cc1Cl)C(=O)CN(c1ccccc1C(C)C)S(C)(=O)=O. The number of amides is 2. The maximum absolute atomic E-state index is 13.9. The number of para-hydroxylation sites is 1. The van der Waals surface area contributed by atoms with E-state index in [1.54, 1.807) is 30.3 Å². The van der Waals surface area contributed by atoms with E-state index in [1.807, 2.05) is 46.8 Å². The fourth-order valence-corrected chi connectivity index (χ4v) is 5.33. The second kappa shape index (κ2) is 13.5. The van der Waals surface area contributed by atoms with E-state index in [0.717, 1.165) is 22.5 Å². The third-order valence-electron chi connectivity index (χ3n) is 6.25. The summed E-state index contributed by atoms with van der Waals surface area (Å²) in [5.41, 5.74) is 1.84. The van der Waals surface area contributed by atoms with Crippen molar-refractivity contribution in [1.82, 2.24) is 10.2 Å². The summed E-state index contributed by atoms with van der Waals surface area (Å²) in [5.74, 6) is -0.783. The molecule has 0 aliphatic rings. The molecule has 204 valence electrons. The molecule has 7 nitrogen and oxygen atoms in total. The van der Waals surface area contributed by atoms with Gasteiger partial charge in [0.15, 0.2) is 0 Å². The minimum Gasteiger partial charge on any atom is -0.352 e. The van der Waals surface area contributed by atoms with Crippen LogP contribution in [0.1, 0.15) is 64.5 Å². The summed E-state index contributed by atoms with van der Waals surface area (Å²) < 4.78 is 26.9. The number of halogens is 2. The highest BCUT2D eigenvalue weighted by atomic mass is 35.5. The number of carbonyl (C=O) groups is 2. The largest absolute Gasteiger partial charge is 0.352 e. The van der Waals surface area contributed by atoms with Gasteiger partial charge in [0.25, 0.3) is 0 Å². The molecule has 0 radical (unpaired) electrons. The zero-order valence-electron chi connectivity index (χ0n) is 22.3. The van der Waals surface area contributed by atoms with Crippen LogP contribution in [0.15, 0.2) is 42.5 Å². The predicted octanol–water partition coefficient (Wildman–Crippen LogP) is 5.60. The number of hydrogen-bond donors (Lipinski definition) is 1. The fraction of sp³-hybridized carbons (Fsp3) is 0.481. The van der Waals surface area contributed by atoms with Crippen LogP contribution in [0.3, 0.4) is 0 Å². The molecule has 2 aromatic carbocycles. The molecular weight excluding hydrogens is 533 g/mol. The van der Waals surface area contributed by atoms with Crippen LogP contribution in [0, 0.1) is 0 Å². The lowest BCUT2D eigenvalue weighted by Gasteiger charge is -2.34. The normalized spacial score (nSPS) is 13.2. The van der Waals surface area contributed by atoms with Gasteiger partial charge in [-0.05, 0) is 55.0 Å². The van der Waals surface area contributed by atoms with Gasteiger partial charge in [0.1, 0.15) is 12.6 Å². The molecular formula is C27H37Cl2N3O4S. The van der Waals surface area contributed by atoms with E-state index in [-0.39, 0.29) is 24.4 Å². The maximum atomic E-state index is 13.9. The molecule has 0 heterocycles. The Hall–Kier alpha value is -2.29. The first-order chi connectivity index (χ1) is 17.3. The summed E-state index contributed by atoms with van der Waals surface area (Å²) in [6, 6.07) is 11.1. The standard InChI is InChI=1S/C27H37Cl2N3O4S/c1-7-19(5)30-27(34)24(8-2)31(16-20-13-14-21(28)15-23(20)29)26(33)17-32(37(6,35)36)25-12-10-9-11-22(25)18(3)4/h9-15,18-19,24H,7-8,16-17H2,1-6H3,(H,30,34)/t19-,24+/m1/s1. The summed E-state index contributed by atoms with van der Waals surface area (Å²) in [7, 11) is -3.82. The van der Waals surface area contributed by atoms with Crippen LogP contribution >= 0.6 is 23.2 Å². The minimum atomic E-state index is -3.82. The highest BCUT2D eigenvalue weighted by molar-refractivity contribution is 7.92. The summed E-state index contributed by atoms with van der Waals surface area (Å²) in [6.45, 7) is 9.14. The predicted molar refractivity (Wildman–Crippen MR) is 152 cm³/mol. The van der Waals surface area contributed by atoms with Crippen molar-refractivity contribution >= 4 is 50.7 Å². The lowest BCUT2D eigenvalue weighted by atomic mass is 10.0. The van der Waals surface area contributed by atoms with Gasteiger partial charge in [0.05, 0.1) is 11.9 Å². The van der Waals surface area contributed by atoms with Crippen LogP contribution in [0.25, 0.3) is 0 Å². The zero-order valence-corrected chi connectivity index (χ0v) is 24.6. The number of hydrogen-bond acceptors (Lipinski definition) is 4. The Morgan fingerprint density at radius 2 is 1.65 bits per heavy atom. The zero-order chi connectivity index (χ0) is 27.9. The summed E-state index contributed by atoms with van der Waals surface area (Å²) in [5, 5.41) is 3.75. The molecule has 0 spiro atoms. The molecule has 0 aliphatic carbocycles. The van der Waals surface area contributed by atoms with E-state index in [2.05, 4.69) is 5.32 Å². The van der Waals surface area contributed by atoms with Crippen LogP contribution < -0.4 is 9.62 Å². The fourth-order valence-electron chi connectivity index (χ4n) is 3.99. The lowest BCUT2D eigenvalue weighted by molar-refractivity contribution is -0.140. The van der Waals surface area contributed by atoms with Gasteiger partial charge in [-0.15, -0.1) is 0 Å². The first kappa shape index (κ1) is 30.9. The Morgan fingerprint density at radius 1 is 1.00 bits per heavy atom. The second-order valence-corrected chi connectivity index (χ2v) is 12.2.